The summed E-state index contributed by atoms with van der Waals surface area (Å²) in [5.41, 5.74) is 0. The molecule has 1 nitrogen and oxygen atoms in total. The molecule has 2 heteroatoms. The van der Waals surface area contributed by atoms with Crippen LogP contribution in [0, 0.1) is 0 Å². The number of ether oxygens (including phenoxy) is 1. The van der Waals surface area contributed by atoms with Crippen LogP contribution in [0.4, 0.5) is 0 Å². The lowest BCUT2D eigenvalue weighted by atomic mass is 10.3. The Morgan fingerprint density at radius 1 is 1.38 bits per heavy atom. The number of para-hydroxylation sites is 1. The second-order valence-corrected chi connectivity index (χ2v) is 2.95. The predicted octanol–water partition coefficient (Wildman–Crippen LogP) is 3.36. The van der Waals surface area contributed by atoms with E-state index in [4.69, 9.17) is 17.0 Å². The first-order valence-corrected chi connectivity index (χ1v) is 4.67. The van der Waals surface area contributed by atoms with Crippen LogP contribution in [0.1, 0.15) is 13.3 Å². The molecule has 0 heterocycles. The second-order valence-electron chi connectivity index (χ2n) is 2.54. The lowest BCUT2D eigenvalue weighted by Gasteiger charge is -2.01. The lowest BCUT2D eigenvalue weighted by molar-refractivity contribution is 0.569. The maximum Gasteiger partial charge on any atom is 0.190 e. The molecular weight excluding hydrogens is 180 g/mol. The first-order valence-electron chi connectivity index (χ1n) is 4.26. The second kappa shape index (κ2) is 5.49. The highest BCUT2D eigenvalue weighted by molar-refractivity contribution is 7.80. The Balaban J connectivity index is 2.50. The lowest BCUT2D eigenvalue weighted by Crippen LogP contribution is -2.00. The van der Waals surface area contributed by atoms with Gasteiger partial charge in [0.15, 0.2) is 5.05 Å². The maximum atomic E-state index is 5.36. The molecule has 1 aromatic carbocycles. The summed E-state index contributed by atoms with van der Waals surface area (Å²) in [4.78, 5) is 0. The third-order valence-electron chi connectivity index (χ3n) is 1.45. The van der Waals surface area contributed by atoms with Crippen molar-refractivity contribution in [1.29, 1.82) is 0 Å². The van der Waals surface area contributed by atoms with Gasteiger partial charge in [-0.15, -0.1) is 0 Å². The van der Waals surface area contributed by atoms with Crippen LogP contribution in [-0.2, 0) is 0 Å². The van der Waals surface area contributed by atoms with Crippen molar-refractivity contribution < 1.29 is 4.74 Å². The Hall–Kier alpha value is -1.15. The molecule has 0 radical (unpaired) electrons. The molecule has 0 spiro atoms. The largest absolute Gasteiger partial charge is 0.446 e. The van der Waals surface area contributed by atoms with Gasteiger partial charge in [0, 0.05) is 0 Å². The van der Waals surface area contributed by atoms with Gasteiger partial charge < -0.3 is 4.74 Å². The third-order valence-corrected chi connectivity index (χ3v) is 1.67. The molecule has 0 unspecified atom stereocenters. The SMILES string of the molecule is CCC=CC(=S)Oc1ccccc1. The summed E-state index contributed by atoms with van der Waals surface area (Å²) in [7, 11) is 0. The quantitative estimate of drug-likeness (QED) is 0.536. The minimum Gasteiger partial charge on any atom is -0.446 e. The van der Waals surface area contributed by atoms with Crippen molar-refractivity contribution in [3.63, 3.8) is 0 Å². The van der Waals surface area contributed by atoms with Crippen LogP contribution in [-0.4, -0.2) is 5.05 Å². The zero-order valence-corrected chi connectivity index (χ0v) is 8.38. The van der Waals surface area contributed by atoms with Crippen molar-refractivity contribution in [2.75, 3.05) is 0 Å². The maximum absolute atomic E-state index is 5.36. The van der Waals surface area contributed by atoms with Crippen molar-refractivity contribution in [3.05, 3.63) is 42.5 Å². The highest BCUT2D eigenvalue weighted by Gasteiger charge is 1.93. The van der Waals surface area contributed by atoms with Gasteiger partial charge in [0.1, 0.15) is 5.75 Å². The number of allylic oxidation sites excluding steroid dienone is 1. The van der Waals surface area contributed by atoms with Crippen LogP contribution >= 0.6 is 12.2 Å². The highest BCUT2D eigenvalue weighted by Crippen LogP contribution is 2.09. The van der Waals surface area contributed by atoms with Crippen molar-refractivity contribution >= 4 is 17.3 Å². The van der Waals surface area contributed by atoms with E-state index < -0.39 is 0 Å². The van der Waals surface area contributed by atoms with Crippen LogP contribution in [0.5, 0.6) is 5.75 Å². The Labute approximate surface area is 84.0 Å². The fraction of sp³-hybridized carbons (Fsp3) is 0.182. The van der Waals surface area contributed by atoms with E-state index in [9.17, 15) is 0 Å². The van der Waals surface area contributed by atoms with E-state index in [2.05, 4.69) is 6.92 Å². The summed E-state index contributed by atoms with van der Waals surface area (Å²) in [6.45, 7) is 2.06. The molecular formula is C11H12OS. The molecule has 0 aromatic heterocycles. The average Bonchev–Trinajstić information content (AvgIpc) is 2.16. The van der Waals surface area contributed by atoms with Crippen LogP contribution in [0.3, 0.4) is 0 Å². The third kappa shape index (κ3) is 3.85. The topological polar surface area (TPSA) is 9.23 Å². The summed E-state index contributed by atoms with van der Waals surface area (Å²) in [5, 5.41) is 0.507. The van der Waals surface area contributed by atoms with E-state index in [0.717, 1.165) is 12.2 Å². The van der Waals surface area contributed by atoms with Crippen LogP contribution in [0.15, 0.2) is 42.5 Å². The summed E-state index contributed by atoms with van der Waals surface area (Å²) >= 11 is 4.99. The van der Waals surface area contributed by atoms with Gasteiger partial charge in [-0.25, -0.2) is 0 Å². The summed E-state index contributed by atoms with van der Waals surface area (Å²) in [6, 6.07) is 9.54. The van der Waals surface area contributed by atoms with E-state index in [1.165, 1.54) is 0 Å². The number of rotatable bonds is 3. The molecule has 68 valence electrons. The van der Waals surface area contributed by atoms with Gasteiger partial charge in [-0.3, -0.25) is 0 Å². The Kier molecular flexibility index (Phi) is 4.19. The van der Waals surface area contributed by atoms with Gasteiger partial charge in [0.2, 0.25) is 0 Å². The molecule has 0 saturated carbocycles. The fourth-order valence-corrected chi connectivity index (χ4v) is 1.05. The monoisotopic (exact) mass is 192 g/mol. The van der Waals surface area contributed by atoms with Gasteiger partial charge in [0.25, 0.3) is 0 Å². The molecule has 0 saturated heterocycles. The van der Waals surface area contributed by atoms with Crippen LogP contribution in [0.25, 0.3) is 0 Å². The fourth-order valence-electron chi connectivity index (χ4n) is 0.853. The smallest absolute Gasteiger partial charge is 0.190 e. The minimum absolute atomic E-state index is 0.507. The summed E-state index contributed by atoms with van der Waals surface area (Å²) in [5.74, 6) is 0.785. The normalized spacial score (nSPS) is 10.2. The van der Waals surface area contributed by atoms with E-state index in [-0.39, 0.29) is 0 Å². The van der Waals surface area contributed by atoms with Crippen molar-refractivity contribution in [2.24, 2.45) is 0 Å². The molecule has 0 aliphatic heterocycles. The Bertz CT molecular complexity index is 290. The van der Waals surface area contributed by atoms with Gasteiger partial charge >= 0.3 is 0 Å². The molecule has 0 fully saturated rings. The number of thiocarbonyl (C=S) groups is 1. The molecule has 0 atom stereocenters. The Morgan fingerprint density at radius 3 is 2.69 bits per heavy atom. The summed E-state index contributed by atoms with van der Waals surface area (Å²) in [6.07, 6.45) is 4.76. The standard InChI is InChI=1S/C11H12OS/c1-2-3-9-11(13)12-10-7-5-4-6-8-10/h3-9H,2H2,1H3. The van der Waals surface area contributed by atoms with Gasteiger partial charge in [-0.2, -0.15) is 0 Å². The van der Waals surface area contributed by atoms with Crippen molar-refractivity contribution in [2.45, 2.75) is 13.3 Å². The van der Waals surface area contributed by atoms with Crippen LogP contribution in [0.2, 0.25) is 0 Å². The zero-order valence-electron chi connectivity index (χ0n) is 7.57. The van der Waals surface area contributed by atoms with E-state index in [0.29, 0.717) is 5.05 Å². The zero-order chi connectivity index (χ0) is 9.52. The first-order chi connectivity index (χ1) is 6.33. The molecule has 0 aliphatic rings. The minimum atomic E-state index is 0.507. The number of benzene rings is 1. The molecule has 0 amide bonds. The van der Waals surface area contributed by atoms with E-state index in [1.807, 2.05) is 42.5 Å². The summed E-state index contributed by atoms with van der Waals surface area (Å²) < 4.78 is 5.36. The van der Waals surface area contributed by atoms with Crippen molar-refractivity contribution in [3.8, 4) is 5.75 Å². The van der Waals surface area contributed by atoms with Crippen LogP contribution < -0.4 is 4.74 Å². The molecule has 13 heavy (non-hydrogen) atoms. The molecule has 0 bridgehead atoms. The van der Waals surface area contributed by atoms with Crippen molar-refractivity contribution in [1.82, 2.24) is 0 Å². The van der Waals surface area contributed by atoms with E-state index in [1.54, 1.807) is 0 Å². The molecule has 1 aromatic rings. The molecule has 1 rings (SSSR count). The molecule has 0 N–H and O–H groups in total. The predicted molar refractivity (Wildman–Crippen MR) is 59.1 cm³/mol. The Morgan fingerprint density at radius 2 is 2.08 bits per heavy atom. The van der Waals surface area contributed by atoms with Gasteiger partial charge in [-0.05, 0) is 36.8 Å². The van der Waals surface area contributed by atoms with Gasteiger partial charge in [-0.1, -0.05) is 31.2 Å². The number of hydrogen-bond donors (Lipinski definition) is 0. The van der Waals surface area contributed by atoms with E-state index >= 15 is 0 Å². The molecule has 0 aliphatic carbocycles. The highest BCUT2D eigenvalue weighted by atomic mass is 32.1. The van der Waals surface area contributed by atoms with Gasteiger partial charge in [0.05, 0.1) is 0 Å². The average molecular weight is 192 g/mol. The first kappa shape index (κ1) is 9.93. The number of hydrogen-bond acceptors (Lipinski definition) is 2.